The second kappa shape index (κ2) is 5.71. The molecule has 98 valence electrons. The Hall–Kier alpha value is -0.400. The molecule has 4 nitrogen and oxygen atoms in total. The molecule has 0 bridgehead atoms. The highest BCUT2D eigenvalue weighted by Gasteiger charge is 2.27. The van der Waals surface area contributed by atoms with Crippen molar-refractivity contribution in [3.63, 3.8) is 0 Å². The van der Waals surface area contributed by atoms with Crippen LogP contribution in [0.25, 0.3) is 0 Å². The van der Waals surface area contributed by atoms with Crippen LogP contribution in [-0.4, -0.2) is 24.0 Å². The molecule has 1 aliphatic carbocycles. The lowest BCUT2D eigenvalue weighted by Crippen LogP contribution is -2.36. The van der Waals surface area contributed by atoms with E-state index in [4.69, 9.17) is 4.74 Å². The molecule has 1 fully saturated rings. The topological polar surface area (TPSA) is 55.4 Å². The summed E-state index contributed by atoms with van der Waals surface area (Å²) in [6.45, 7) is 1.58. The molecular formula is C11H11Br2NO3S. The van der Waals surface area contributed by atoms with Crippen LogP contribution < -0.4 is 5.32 Å². The number of carbonyl (C=O) groups excluding carboxylic acids is 2. The first-order chi connectivity index (χ1) is 8.47. The molecule has 18 heavy (non-hydrogen) atoms. The summed E-state index contributed by atoms with van der Waals surface area (Å²) in [5, 5.41) is 2.80. The molecule has 0 radical (unpaired) electrons. The van der Waals surface area contributed by atoms with E-state index in [2.05, 4.69) is 37.2 Å². The van der Waals surface area contributed by atoms with Gasteiger partial charge in [0.2, 0.25) is 0 Å². The molecule has 1 amide bonds. The molecule has 0 saturated heterocycles. The van der Waals surface area contributed by atoms with E-state index in [0.717, 1.165) is 21.1 Å². The third-order valence-corrected chi connectivity index (χ3v) is 5.66. The van der Waals surface area contributed by atoms with Crippen LogP contribution in [0.1, 0.15) is 29.4 Å². The van der Waals surface area contributed by atoms with Gasteiger partial charge in [0.05, 0.1) is 3.79 Å². The summed E-state index contributed by atoms with van der Waals surface area (Å²) in [7, 11) is 0. The smallest absolute Gasteiger partial charge is 0.349 e. The molecule has 1 saturated carbocycles. The number of rotatable bonds is 4. The summed E-state index contributed by atoms with van der Waals surface area (Å²) in [4.78, 5) is 23.9. The van der Waals surface area contributed by atoms with E-state index < -0.39 is 12.1 Å². The highest BCUT2D eigenvalue weighted by Crippen LogP contribution is 2.32. The van der Waals surface area contributed by atoms with Crippen molar-refractivity contribution in [2.75, 3.05) is 0 Å². The summed E-state index contributed by atoms with van der Waals surface area (Å²) >= 11 is 7.87. The summed E-state index contributed by atoms with van der Waals surface area (Å²) < 4.78 is 6.74. The first-order valence-electron chi connectivity index (χ1n) is 5.43. The molecule has 1 N–H and O–H groups in total. The molecule has 1 aliphatic rings. The second-order valence-electron chi connectivity index (χ2n) is 4.06. The molecular weight excluding hydrogens is 386 g/mol. The van der Waals surface area contributed by atoms with Crippen LogP contribution >= 0.6 is 43.2 Å². The molecule has 1 heterocycles. The zero-order chi connectivity index (χ0) is 13.3. The standard InChI is InChI=1S/C11H11Br2NO3S/c1-5(10(15)14-6-2-3-6)17-11(16)8-4-7(12)9(13)18-8/h4-6H,2-3H2,1H3,(H,14,15)/t5-/m0/s1. The van der Waals surface area contributed by atoms with Gasteiger partial charge in [-0.1, -0.05) is 0 Å². The molecule has 1 atom stereocenters. The third-order valence-electron chi connectivity index (χ3n) is 2.42. The van der Waals surface area contributed by atoms with Crippen molar-refractivity contribution in [1.29, 1.82) is 0 Å². The van der Waals surface area contributed by atoms with E-state index in [-0.39, 0.29) is 11.9 Å². The van der Waals surface area contributed by atoms with Crippen LogP contribution in [-0.2, 0) is 9.53 Å². The SMILES string of the molecule is C[C@H](OC(=O)c1cc(Br)c(Br)s1)C(=O)NC1CC1. The number of amides is 1. The van der Waals surface area contributed by atoms with Gasteiger partial charge in [-0.15, -0.1) is 11.3 Å². The molecule has 1 aromatic heterocycles. The van der Waals surface area contributed by atoms with Crippen molar-refractivity contribution in [2.24, 2.45) is 0 Å². The number of hydrogen-bond acceptors (Lipinski definition) is 4. The number of halogens is 2. The van der Waals surface area contributed by atoms with Crippen molar-refractivity contribution < 1.29 is 14.3 Å². The molecule has 1 aromatic rings. The lowest BCUT2D eigenvalue weighted by Gasteiger charge is -2.12. The highest BCUT2D eigenvalue weighted by atomic mass is 79.9. The molecule has 0 spiro atoms. The van der Waals surface area contributed by atoms with Crippen molar-refractivity contribution in [2.45, 2.75) is 31.9 Å². The van der Waals surface area contributed by atoms with Crippen molar-refractivity contribution in [3.8, 4) is 0 Å². The van der Waals surface area contributed by atoms with Crippen molar-refractivity contribution in [1.82, 2.24) is 5.32 Å². The quantitative estimate of drug-likeness (QED) is 0.795. The Kier molecular flexibility index (Phi) is 4.45. The average molecular weight is 397 g/mol. The van der Waals surface area contributed by atoms with Crippen LogP contribution in [0.2, 0.25) is 0 Å². The van der Waals surface area contributed by atoms with Gasteiger partial charge in [0, 0.05) is 10.5 Å². The molecule has 0 unspecified atom stereocenters. The van der Waals surface area contributed by atoms with Crippen LogP contribution in [0.3, 0.4) is 0 Å². The van der Waals surface area contributed by atoms with Gasteiger partial charge in [-0.25, -0.2) is 4.79 Å². The molecule has 7 heteroatoms. The zero-order valence-corrected chi connectivity index (χ0v) is 13.5. The monoisotopic (exact) mass is 395 g/mol. The van der Waals surface area contributed by atoms with Crippen LogP contribution in [0.5, 0.6) is 0 Å². The second-order valence-corrected chi connectivity index (χ2v) is 7.29. The fourth-order valence-corrected chi connectivity index (χ4v) is 3.18. The van der Waals surface area contributed by atoms with Gasteiger partial charge >= 0.3 is 5.97 Å². The summed E-state index contributed by atoms with van der Waals surface area (Å²) in [5.41, 5.74) is 0. The van der Waals surface area contributed by atoms with E-state index in [0.29, 0.717) is 4.88 Å². The van der Waals surface area contributed by atoms with Gasteiger partial charge in [0.1, 0.15) is 4.88 Å². The van der Waals surface area contributed by atoms with E-state index >= 15 is 0 Å². The number of thiophene rings is 1. The maximum absolute atomic E-state index is 11.8. The van der Waals surface area contributed by atoms with Gasteiger partial charge in [-0.05, 0) is 57.7 Å². The summed E-state index contributed by atoms with van der Waals surface area (Å²) in [6, 6.07) is 1.94. The Labute approximate surface area is 125 Å². The number of ether oxygens (including phenoxy) is 1. The number of hydrogen-bond donors (Lipinski definition) is 1. The van der Waals surface area contributed by atoms with Gasteiger partial charge in [0.15, 0.2) is 6.10 Å². The summed E-state index contributed by atoms with van der Waals surface area (Å²) in [5.74, 6) is -0.717. The van der Waals surface area contributed by atoms with Crippen molar-refractivity contribution in [3.05, 3.63) is 19.2 Å². The molecule has 2 rings (SSSR count). The third kappa shape index (κ3) is 3.55. The Bertz CT molecular complexity index is 465. The van der Waals surface area contributed by atoms with E-state index in [1.165, 1.54) is 11.3 Å². The number of nitrogens with one attached hydrogen (secondary N) is 1. The lowest BCUT2D eigenvalue weighted by molar-refractivity contribution is -0.129. The highest BCUT2D eigenvalue weighted by molar-refractivity contribution is 9.13. The summed E-state index contributed by atoms with van der Waals surface area (Å²) in [6.07, 6.45) is 1.26. The first-order valence-corrected chi connectivity index (χ1v) is 7.84. The number of carbonyl (C=O) groups is 2. The van der Waals surface area contributed by atoms with Gasteiger partial charge in [0.25, 0.3) is 5.91 Å². The minimum atomic E-state index is -0.766. The van der Waals surface area contributed by atoms with E-state index in [1.54, 1.807) is 13.0 Å². The Morgan fingerprint density at radius 2 is 2.17 bits per heavy atom. The van der Waals surface area contributed by atoms with Gasteiger partial charge in [-0.2, -0.15) is 0 Å². The van der Waals surface area contributed by atoms with Gasteiger partial charge < -0.3 is 10.1 Å². The Balaban J connectivity index is 1.91. The fraction of sp³-hybridized carbons (Fsp3) is 0.455. The zero-order valence-electron chi connectivity index (χ0n) is 9.54. The van der Waals surface area contributed by atoms with Gasteiger partial charge in [-0.3, -0.25) is 4.79 Å². The minimum Gasteiger partial charge on any atom is -0.448 e. The Morgan fingerprint density at radius 3 is 2.67 bits per heavy atom. The maximum atomic E-state index is 11.8. The predicted octanol–water partition coefficient (Wildman–Crippen LogP) is 3.10. The van der Waals surface area contributed by atoms with Crippen LogP contribution in [0.4, 0.5) is 0 Å². The Morgan fingerprint density at radius 1 is 1.50 bits per heavy atom. The first kappa shape index (κ1) is 14.0. The van der Waals surface area contributed by atoms with E-state index in [9.17, 15) is 9.59 Å². The maximum Gasteiger partial charge on any atom is 0.349 e. The van der Waals surface area contributed by atoms with Crippen LogP contribution in [0.15, 0.2) is 14.3 Å². The van der Waals surface area contributed by atoms with Crippen molar-refractivity contribution >= 4 is 55.1 Å². The normalized spacial score (nSPS) is 16.2. The average Bonchev–Trinajstić information content (AvgIpc) is 3.05. The molecule has 0 aliphatic heterocycles. The largest absolute Gasteiger partial charge is 0.448 e. The minimum absolute atomic E-state index is 0.236. The van der Waals surface area contributed by atoms with Crippen LogP contribution in [0, 0.1) is 0 Å². The molecule has 0 aromatic carbocycles. The lowest BCUT2D eigenvalue weighted by atomic mass is 10.3. The fourth-order valence-electron chi connectivity index (χ4n) is 1.27. The number of esters is 1. The van der Waals surface area contributed by atoms with E-state index in [1.807, 2.05) is 0 Å². The predicted molar refractivity (Wildman–Crippen MR) is 75.8 cm³/mol.